The van der Waals surface area contributed by atoms with Crippen LogP contribution in [0.15, 0.2) is 46.3 Å². The maximum absolute atomic E-state index is 12.5. The molecule has 0 fully saturated rings. The predicted molar refractivity (Wildman–Crippen MR) is 102 cm³/mol. The average Bonchev–Trinajstić information content (AvgIpc) is 2.60. The standard InChI is InChI=1S/C19H23N3OS/c1-5-22(4)13-20-17-11-14(2)19(21-15(17)3)18(23)12-24-16-9-7-6-8-10-16/h6-11,13H,5,12H2,1-4H3. The maximum atomic E-state index is 12.5. The van der Waals surface area contributed by atoms with Gasteiger partial charge in [0, 0.05) is 18.5 Å². The van der Waals surface area contributed by atoms with Crippen LogP contribution in [0.25, 0.3) is 0 Å². The first kappa shape index (κ1) is 18.2. The molecule has 4 nitrogen and oxygen atoms in total. The first-order valence-electron chi connectivity index (χ1n) is 7.95. The van der Waals surface area contributed by atoms with E-state index in [-0.39, 0.29) is 5.78 Å². The highest BCUT2D eigenvalue weighted by atomic mass is 32.2. The molecule has 0 N–H and O–H groups in total. The van der Waals surface area contributed by atoms with E-state index in [1.165, 1.54) is 11.8 Å². The van der Waals surface area contributed by atoms with E-state index in [1.54, 1.807) is 6.34 Å². The zero-order valence-corrected chi connectivity index (χ0v) is 15.4. The monoisotopic (exact) mass is 341 g/mol. The summed E-state index contributed by atoms with van der Waals surface area (Å²) in [6, 6.07) is 11.9. The molecule has 24 heavy (non-hydrogen) atoms. The fourth-order valence-corrected chi connectivity index (χ4v) is 2.86. The van der Waals surface area contributed by atoms with Gasteiger partial charge in [-0.2, -0.15) is 0 Å². The van der Waals surface area contributed by atoms with Gasteiger partial charge in [-0.15, -0.1) is 11.8 Å². The van der Waals surface area contributed by atoms with E-state index >= 15 is 0 Å². The molecular formula is C19H23N3OS. The van der Waals surface area contributed by atoms with Crippen LogP contribution in [0, 0.1) is 13.8 Å². The van der Waals surface area contributed by atoms with Crippen molar-refractivity contribution in [2.75, 3.05) is 19.3 Å². The van der Waals surface area contributed by atoms with Crippen LogP contribution in [-0.2, 0) is 0 Å². The summed E-state index contributed by atoms with van der Waals surface area (Å²) in [5.74, 6) is 0.434. The summed E-state index contributed by atoms with van der Waals surface area (Å²) in [4.78, 5) is 24.5. The summed E-state index contributed by atoms with van der Waals surface area (Å²) in [5, 5.41) is 0. The second kappa shape index (κ2) is 8.64. The molecule has 2 aromatic rings. The number of rotatable bonds is 7. The van der Waals surface area contributed by atoms with Crippen LogP contribution in [0.5, 0.6) is 0 Å². The fraction of sp³-hybridized carbons (Fsp3) is 0.316. The third-order valence-electron chi connectivity index (χ3n) is 3.65. The second-order valence-electron chi connectivity index (χ2n) is 5.60. The highest BCUT2D eigenvalue weighted by Crippen LogP contribution is 2.23. The molecule has 126 valence electrons. The summed E-state index contributed by atoms with van der Waals surface area (Å²) in [6.07, 6.45) is 1.79. The van der Waals surface area contributed by atoms with Crippen molar-refractivity contribution in [1.82, 2.24) is 9.88 Å². The Morgan fingerprint density at radius 1 is 1.29 bits per heavy atom. The van der Waals surface area contributed by atoms with Gasteiger partial charge in [0.25, 0.3) is 0 Å². The SMILES string of the molecule is CCN(C)C=Nc1cc(C)c(C(=O)CSc2ccccc2)nc1C. The molecule has 1 heterocycles. The number of aryl methyl sites for hydroxylation is 2. The van der Waals surface area contributed by atoms with Gasteiger partial charge in [0.2, 0.25) is 0 Å². The average molecular weight is 341 g/mol. The Bertz CT molecular complexity index is 729. The second-order valence-corrected chi connectivity index (χ2v) is 6.65. The van der Waals surface area contributed by atoms with Crippen LogP contribution in [0.2, 0.25) is 0 Å². The number of benzene rings is 1. The molecule has 2 rings (SSSR count). The first-order chi connectivity index (χ1) is 11.5. The lowest BCUT2D eigenvalue weighted by Gasteiger charge is -2.10. The van der Waals surface area contributed by atoms with Crippen LogP contribution in [0.4, 0.5) is 5.69 Å². The number of pyridine rings is 1. The largest absolute Gasteiger partial charge is 0.366 e. The van der Waals surface area contributed by atoms with Gasteiger partial charge in [0.1, 0.15) is 5.69 Å². The van der Waals surface area contributed by atoms with E-state index in [4.69, 9.17) is 0 Å². The topological polar surface area (TPSA) is 45.6 Å². The summed E-state index contributed by atoms with van der Waals surface area (Å²) < 4.78 is 0. The lowest BCUT2D eigenvalue weighted by molar-refractivity contribution is 0.101. The van der Waals surface area contributed by atoms with E-state index in [0.29, 0.717) is 11.4 Å². The van der Waals surface area contributed by atoms with Gasteiger partial charge in [-0.3, -0.25) is 4.79 Å². The van der Waals surface area contributed by atoms with E-state index in [0.717, 1.165) is 28.4 Å². The lowest BCUT2D eigenvalue weighted by atomic mass is 10.1. The molecule has 0 spiro atoms. The fourth-order valence-electron chi connectivity index (χ4n) is 2.08. The number of Topliss-reactive ketones (excluding diaryl/α,β-unsaturated/α-hetero) is 1. The van der Waals surface area contributed by atoms with Crippen molar-refractivity contribution < 1.29 is 4.79 Å². The number of nitrogens with zero attached hydrogens (tertiary/aromatic N) is 3. The molecule has 0 unspecified atom stereocenters. The van der Waals surface area contributed by atoms with Crippen molar-refractivity contribution in [3.05, 3.63) is 53.3 Å². The number of aliphatic imine (C=N–C) groups is 1. The van der Waals surface area contributed by atoms with Gasteiger partial charge < -0.3 is 4.90 Å². The van der Waals surface area contributed by atoms with E-state index in [2.05, 4.69) is 16.9 Å². The molecule has 0 amide bonds. The summed E-state index contributed by atoms with van der Waals surface area (Å²) in [6.45, 7) is 6.76. The van der Waals surface area contributed by atoms with Gasteiger partial charge in [-0.05, 0) is 44.5 Å². The number of carbonyl (C=O) groups excluding carboxylic acids is 1. The Morgan fingerprint density at radius 2 is 2.00 bits per heavy atom. The molecule has 0 aliphatic heterocycles. The van der Waals surface area contributed by atoms with Gasteiger partial charge >= 0.3 is 0 Å². The molecule has 1 aromatic heterocycles. The first-order valence-corrected chi connectivity index (χ1v) is 8.93. The molecule has 0 atom stereocenters. The van der Waals surface area contributed by atoms with Crippen LogP contribution in [-0.4, -0.2) is 41.4 Å². The van der Waals surface area contributed by atoms with Gasteiger partial charge in [-0.1, -0.05) is 18.2 Å². The van der Waals surface area contributed by atoms with E-state index < -0.39 is 0 Å². The summed E-state index contributed by atoms with van der Waals surface area (Å²) in [7, 11) is 1.97. The highest BCUT2D eigenvalue weighted by Gasteiger charge is 2.14. The third kappa shape index (κ3) is 4.93. The predicted octanol–water partition coefficient (Wildman–Crippen LogP) is 4.28. The van der Waals surface area contributed by atoms with Crippen LogP contribution in [0.3, 0.4) is 0 Å². The van der Waals surface area contributed by atoms with Crippen molar-refractivity contribution >= 4 is 29.6 Å². The number of hydrogen-bond donors (Lipinski definition) is 0. The van der Waals surface area contributed by atoms with Gasteiger partial charge in [0.05, 0.1) is 23.5 Å². The normalized spacial score (nSPS) is 11.0. The molecular weight excluding hydrogens is 318 g/mol. The Kier molecular flexibility index (Phi) is 6.55. The van der Waals surface area contributed by atoms with Crippen molar-refractivity contribution in [1.29, 1.82) is 0 Å². The minimum atomic E-state index is 0.0469. The molecule has 0 radical (unpaired) electrons. The van der Waals surface area contributed by atoms with Crippen molar-refractivity contribution in [2.45, 2.75) is 25.7 Å². The molecule has 0 aliphatic carbocycles. The maximum Gasteiger partial charge on any atom is 0.191 e. The number of thioether (sulfide) groups is 1. The number of carbonyl (C=O) groups is 1. The Hall–Kier alpha value is -2.14. The van der Waals surface area contributed by atoms with Crippen LogP contribution < -0.4 is 0 Å². The van der Waals surface area contributed by atoms with Gasteiger partial charge in [0.15, 0.2) is 5.78 Å². The summed E-state index contributed by atoms with van der Waals surface area (Å²) >= 11 is 1.53. The Labute approximate surface area is 148 Å². The zero-order valence-electron chi connectivity index (χ0n) is 14.6. The number of hydrogen-bond acceptors (Lipinski definition) is 4. The van der Waals surface area contributed by atoms with Gasteiger partial charge in [-0.25, -0.2) is 9.98 Å². The molecule has 5 heteroatoms. The lowest BCUT2D eigenvalue weighted by Crippen LogP contribution is -2.14. The highest BCUT2D eigenvalue weighted by molar-refractivity contribution is 8.00. The quantitative estimate of drug-likeness (QED) is 0.326. The van der Waals surface area contributed by atoms with Crippen LogP contribution in [0.1, 0.15) is 28.7 Å². The molecule has 0 bridgehead atoms. The smallest absolute Gasteiger partial charge is 0.191 e. The molecule has 0 saturated heterocycles. The number of aromatic nitrogens is 1. The van der Waals surface area contributed by atoms with Crippen molar-refractivity contribution in [3.63, 3.8) is 0 Å². The molecule has 0 aliphatic rings. The zero-order chi connectivity index (χ0) is 17.5. The Balaban J connectivity index is 2.11. The molecule has 0 saturated carbocycles. The molecule has 1 aromatic carbocycles. The Morgan fingerprint density at radius 3 is 2.67 bits per heavy atom. The third-order valence-corrected chi connectivity index (χ3v) is 4.66. The van der Waals surface area contributed by atoms with E-state index in [9.17, 15) is 4.79 Å². The van der Waals surface area contributed by atoms with E-state index in [1.807, 2.05) is 62.2 Å². The summed E-state index contributed by atoms with van der Waals surface area (Å²) in [5.41, 5.74) is 2.98. The van der Waals surface area contributed by atoms with Crippen molar-refractivity contribution in [3.8, 4) is 0 Å². The minimum Gasteiger partial charge on any atom is -0.366 e. The number of ketones is 1. The minimum absolute atomic E-state index is 0.0469. The van der Waals surface area contributed by atoms with Crippen molar-refractivity contribution in [2.24, 2.45) is 4.99 Å². The van der Waals surface area contributed by atoms with Crippen LogP contribution >= 0.6 is 11.8 Å².